The van der Waals surface area contributed by atoms with Gasteiger partial charge >= 0.3 is 0 Å². The Bertz CT molecular complexity index is 999. The number of pyridine rings is 1. The van der Waals surface area contributed by atoms with Crippen molar-refractivity contribution in [1.29, 1.82) is 0 Å². The molecule has 5 heteroatoms. The third-order valence-corrected chi connectivity index (χ3v) is 3.99. The van der Waals surface area contributed by atoms with E-state index in [1.807, 2.05) is 42.5 Å². The van der Waals surface area contributed by atoms with E-state index in [-0.39, 0.29) is 5.75 Å². The number of nitrogens with zero attached hydrogens (tertiary/aromatic N) is 4. The molecule has 5 nitrogen and oxygen atoms in total. The summed E-state index contributed by atoms with van der Waals surface area (Å²) in [6, 6.07) is 17.2. The Hall–Kier alpha value is -3.47. The largest absolute Gasteiger partial charge is 0.508 e. The number of fused-ring (bicyclic) bond motifs is 1. The molecule has 0 saturated heterocycles. The predicted molar refractivity (Wildman–Crippen MR) is 97.7 cm³/mol. The van der Waals surface area contributed by atoms with E-state index >= 15 is 0 Å². The third kappa shape index (κ3) is 3.12. The van der Waals surface area contributed by atoms with Crippen LogP contribution in [0, 0.1) is 0 Å². The lowest BCUT2D eigenvalue weighted by Crippen LogP contribution is -2.18. The summed E-state index contributed by atoms with van der Waals surface area (Å²) in [7, 11) is 0. The maximum Gasteiger partial charge on any atom is 0.151 e. The molecule has 0 atom stereocenters. The molecule has 0 unspecified atom stereocenters. The summed E-state index contributed by atoms with van der Waals surface area (Å²) in [5.41, 5.74) is 2.89. The van der Waals surface area contributed by atoms with Crippen LogP contribution in [0.2, 0.25) is 0 Å². The number of aromatic nitrogens is 3. The number of phenols is 1. The molecule has 4 aromatic rings. The van der Waals surface area contributed by atoms with Crippen molar-refractivity contribution in [2.75, 3.05) is 4.90 Å². The average molecular weight is 328 g/mol. The molecule has 122 valence electrons. The van der Waals surface area contributed by atoms with Gasteiger partial charge in [0.05, 0.1) is 17.4 Å². The van der Waals surface area contributed by atoms with E-state index in [4.69, 9.17) is 0 Å². The van der Waals surface area contributed by atoms with Crippen LogP contribution < -0.4 is 4.90 Å². The van der Waals surface area contributed by atoms with Crippen LogP contribution in [0.4, 0.5) is 11.5 Å². The standard InChI is InChI=1S/C20H16N4O/c25-16-5-1-4-15(12-16)14-24(20-13-21-10-11-23-20)19-8-2-7-18-17(19)6-3-9-22-18/h1-13,25H,14H2. The second kappa shape index (κ2) is 6.57. The number of benzene rings is 2. The minimum absolute atomic E-state index is 0.246. The van der Waals surface area contributed by atoms with Crippen molar-refractivity contribution in [2.45, 2.75) is 6.54 Å². The highest BCUT2D eigenvalue weighted by atomic mass is 16.3. The molecule has 0 aliphatic rings. The Labute approximate surface area is 145 Å². The Kier molecular flexibility index (Phi) is 3.96. The molecule has 2 heterocycles. The monoisotopic (exact) mass is 328 g/mol. The summed E-state index contributed by atoms with van der Waals surface area (Å²) in [5, 5.41) is 10.8. The van der Waals surface area contributed by atoms with Crippen molar-refractivity contribution in [3.8, 4) is 5.75 Å². The van der Waals surface area contributed by atoms with Gasteiger partial charge in [-0.05, 0) is 42.0 Å². The van der Waals surface area contributed by atoms with Crippen molar-refractivity contribution in [3.05, 3.63) is 84.9 Å². The highest BCUT2D eigenvalue weighted by Crippen LogP contribution is 2.32. The molecule has 4 rings (SSSR count). The summed E-state index contributed by atoms with van der Waals surface area (Å²) >= 11 is 0. The smallest absolute Gasteiger partial charge is 0.151 e. The maximum atomic E-state index is 9.78. The SMILES string of the molecule is Oc1cccc(CN(c2cnccn2)c2cccc3ncccc23)c1. The van der Waals surface area contributed by atoms with Gasteiger partial charge in [0.1, 0.15) is 5.75 Å². The lowest BCUT2D eigenvalue weighted by atomic mass is 10.1. The summed E-state index contributed by atoms with van der Waals surface area (Å²) < 4.78 is 0. The molecule has 0 aliphatic heterocycles. The van der Waals surface area contributed by atoms with Crippen molar-refractivity contribution in [1.82, 2.24) is 15.0 Å². The van der Waals surface area contributed by atoms with E-state index in [1.165, 1.54) is 0 Å². The molecule has 25 heavy (non-hydrogen) atoms. The molecule has 0 radical (unpaired) electrons. The summed E-state index contributed by atoms with van der Waals surface area (Å²) in [4.78, 5) is 15.2. The fourth-order valence-corrected chi connectivity index (χ4v) is 2.88. The molecule has 0 saturated carbocycles. The van der Waals surface area contributed by atoms with Crippen molar-refractivity contribution >= 4 is 22.4 Å². The van der Waals surface area contributed by atoms with Gasteiger partial charge in [-0.1, -0.05) is 18.2 Å². The van der Waals surface area contributed by atoms with Crippen LogP contribution in [0.25, 0.3) is 10.9 Å². The van der Waals surface area contributed by atoms with Gasteiger partial charge in [-0.15, -0.1) is 0 Å². The van der Waals surface area contributed by atoms with Gasteiger partial charge in [0.15, 0.2) is 5.82 Å². The van der Waals surface area contributed by atoms with Crippen LogP contribution in [0.15, 0.2) is 79.4 Å². The normalized spacial score (nSPS) is 10.7. The zero-order valence-corrected chi connectivity index (χ0v) is 13.4. The van der Waals surface area contributed by atoms with Gasteiger partial charge in [0, 0.05) is 30.5 Å². The van der Waals surface area contributed by atoms with E-state index in [0.717, 1.165) is 28.0 Å². The van der Waals surface area contributed by atoms with Crippen LogP contribution >= 0.6 is 0 Å². The molecule has 0 aliphatic carbocycles. The van der Waals surface area contributed by atoms with Crippen LogP contribution in [0.3, 0.4) is 0 Å². The molecule has 0 spiro atoms. The number of aromatic hydroxyl groups is 1. The molecular weight excluding hydrogens is 312 g/mol. The first-order valence-electron chi connectivity index (χ1n) is 7.96. The van der Waals surface area contributed by atoms with E-state index in [9.17, 15) is 5.11 Å². The third-order valence-electron chi connectivity index (χ3n) is 3.99. The minimum Gasteiger partial charge on any atom is -0.508 e. The van der Waals surface area contributed by atoms with Crippen LogP contribution in [0.5, 0.6) is 5.75 Å². The lowest BCUT2D eigenvalue weighted by Gasteiger charge is -2.25. The highest BCUT2D eigenvalue weighted by Gasteiger charge is 2.15. The first kappa shape index (κ1) is 15.1. The first-order chi connectivity index (χ1) is 12.3. The molecule has 2 aromatic carbocycles. The van der Waals surface area contributed by atoms with Gasteiger partial charge in [-0.3, -0.25) is 9.97 Å². The average Bonchev–Trinajstić information content (AvgIpc) is 2.67. The number of hydrogen-bond acceptors (Lipinski definition) is 5. The predicted octanol–water partition coefficient (Wildman–Crippen LogP) is 4.07. The quantitative estimate of drug-likeness (QED) is 0.612. The number of phenolic OH excluding ortho intramolecular Hbond substituents is 1. The van der Waals surface area contributed by atoms with E-state index in [2.05, 4.69) is 19.9 Å². The zero-order chi connectivity index (χ0) is 17.1. The molecule has 0 fully saturated rings. The van der Waals surface area contributed by atoms with Crippen molar-refractivity contribution in [3.63, 3.8) is 0 Å². The van der Waals surface area contributed by atoms with E-state index in [1.54, 1.807) is 36.9 Å². The molecule has 0 amide bonds. The van der Waals surface area contributed by atoms with Crippen LogP contribution in [0.1, 0.15) is 5.56 Å². The molecule has 1 N–H and O–H groups in total. The zero-order valence-electron chi connectivity index (χ0n) is 13.4. The Balaban J connectivity index is 1.85. The maximum absolute atomic E-state index is 9.78. The number of rotatable bonds is 4. The topological polar surface area (TPSA) is 62.1 Å². The van der Waals surface area contributed by atoms with Gasteiger partial charge in [-0.2, -0.15) is 0 Å². The van der Waals surface area contributed by atoms with Gasteiger partial charge in [0.2, 0.25) is 0 Å². The number of hydrogen-bond donors (Lipinski definition) is 1. The Morgan fingerprint density at radius 1 is 0.880 bits per heavy atom. The van der Waals surface area contributed by atoms with Gasteiger partial charge in [-0.25, -0.2) is 4.98 Å². The highest BCUT2D eigenvalue weighted by molar-refractivity contribution is 5.93. The first-order valence-corrected chi connectivity index (χ1v) is 7.96. The number of anilines is 2. The summed E-state index contributed by atoms with van der Waals surface area (Å²) in [6.07, 6.45) is 6.85. The lowest BCUT2D eigenvalue weighted by molar-refractivity contribution is 0.474. The summed E-state index contributed by atoms with van der Waals surface area (Å²) in [6.45, 7) is 0.557. The van der Waals surface area contributed by atoms with Gasteiger partial charge in [0.25, 0.3) is 0 Å². The van der Waals surface area contributed by atoms with Crippen LogP contribution in [-0.4, -0.2) is 20.1 Å². The Morgan fingerprint density at radius 3 is 2.64 bits per heavy atom. The fraction of sp³-hybridized carbons (Fsp3) is 0.0500. The summed E-state index contributed by atoms with van der Waals surface area (Å²) in [5.74, 6) is 0.985. The molecule has 2 aromatic heterocycles. The van der Waals surface area contributed by atoms with Crippen molar-refractivity contribution < 1.29 is 5.11 Å². The molecule has 0 bridgehead atoms. The van der Waals surface area contributed by atoms with Gasteiger partial charge < -0.3 is 10.0 Å². The molecular formula is C20H16N4O. The Morgan fingerprint density at radius 2 is 1.80 bits per heavy atom. The van der Waals surface area contributed by atoms with Crippen LogP contribution in [-0.2, 0) is 6.54 Å². The fourth-order valence-electron chi connectivity index (χ4n) is 2.88. The van der Waals surface area contributed by atoms with E-state index in [0.29, 0.717) is 6.54 Å². The van der Waals surface area contributed by atoms with E-state index < -0.39 is 0 Å². The second-order valence-electron chi connectivity index (χ2n) is 5.67. The minimum atomic E-state index is 0.246. The second-order valence-corrected chi connectivity index (χ2v) is 5.67. The van der Waals surface area contributed by atoms with Crippen molar-refractivity contribution in [2.24, 2.45) is 0 Å².